The van der Waals surface area contributed by atoms with Crippen LogP contribution in [0, 0.1) is 0 Å². The Morgan fingerprint density at radius 2 is 1.96 bits per heavy atom. The molecule has 2 atom stereocenters. The monoisotopic (exact) mass is 349 g/mol. The van der Waals surface area contributed by atoms with Gasteiger partial charge in [-0.25, -0.2) is 4.98 Å². The second-order valence-corrected chi connectivity index (χ2v) is 6.95. The molecule has 1 aliphatic carbocycles. The highest BCUT2D eigenvalue weighted by atomic mass is 16.3. The van der Waals surface area contributed by atoms with Gasteiger partial charge in [0, 0.05) is 25.1 Å². The molecule has 4 rings (SSSR count). The molecule has 0 spiro atoms. The molecular formula is C21H23N3O2. The SMILES string of the molecule is O=C(c1ccc2nccn2c1)N(Cc1ccccc1)C1CCCCC1O. The van der Waals surface area contributed by atoms with E-state index in [1.165, 1.54) is 0 Å². The highest BCUT2D eigenvalue weighted by Gasteiger charge is 2.32. The second-order valence-electron chi connectivity index (χ2n) is 6.95. The third-order valence-corrected chi connectivity index (χ3v) is 5.19. The van der Waals surface area contributed by atoms with Gasteiger partial charge in [0.05, 0.1) is 17.7 Å². The first-order chi connectivity index (χ1) is 12.7. The van der Waals surface area contributed by atoms with Crippen LogP contribution in [0.25, 0.3) is 5.65 Å². The van der Waals surface area contributed by atoms with Crippen molar-refractivity contribution >= 4 is 11.6 Å². The summed E-state index contributed by atoms with van der Waals surface area (Å²) in [6, 6.07) is 13.5. The van der Waals surface area contributed by atoms with Gasteiger partial charge in [0.1, 0.15) is 5.65 Å². The van der Waals surface area contributed by atoms with Crippen LogP contribution in [0.5, 0.6) is 0 Å². The smallest absolute Gasteiger partial charge is 0.255 e. The van der Waals surface area contributed by atoms with Gasteiger partial charge in [0.25, 0.3) is 5.91 Å². The average Bonchev–Trinajstić information content (AvgIpc) is 3.15. The Morgan fingerprint density at radius 3 is 2.77 bits per heavy atom. The molecule has 1 N–H and O–H groups in total. The molecule has 1 amide bonds. The van der Waals surface area contributed by atoms with Gasteiger partial charge < -0.3 is 14.4 Å². The van der Waals surface area contributed by atoms with E-state index in [9.17, 15) is 9.90 Å². The van der Waals surface area contributed by atoms with Crippen LogP contribution in [0.4, 0.5) is 0 Å². The van der Waals surface area contributed by atoms with Crippen molar-refractivity contribution in [3.63, 3.8) is 0 Å². The van der Waals surface area contributed by atoms with Crippen molar-refractivity contribution in [2.45, 2.75) is 44.4 Å². The number of aromatic nitrogens is 2. The average molecular weight is 349 g/mol. The predicted molar refractivity (Wildman–Crippen MR) is 99.8 cm³/mol. The molecule has 2 unspecified atom stereocenters. The molecule has 3 aromatic rings. The van der Waals surface area contributed by atoms with E-state index in [4.69, 9.17) is 0 Å². The lowest BCUT2D eigenvalue weighted by atomic mass is 9.90. The number of carbonyl (C=O) groups is 1. The van der Waals surface area contributed by atoms with Crippen molar-refractivity contribution in [2.24, 2.45) is 0 Å². The molecule has 1 saturated carbocycles. The van der Waals surface area contributed by atoms with E-state index in [1.54, 1.807) is 6.20 Å². The topological polar surface area (TPSA) is 57.8 Å². The Kier molecular flexibility index (Phi) is 4.71. The Hall–Kier alpha value is -2.66. The van der Waals surface area contributed by atoms with Crippen molar-refractivity contribution in [3.8, 4) is 0 Å². The van der Waals surface area contributed by atoms with E-state index in [0.717, 1.165) is 36.9 Å². The maximum absolute atomic E-state index is 13.3. The number of pyridine rings is 1. The summed E-state index contributed by atoms with van der Waals surface area (Å²) in [6.45, 7) is 0.503. The first-order valence-corrected chi connectivity index (χ1v) is 9.18. The summed E-state index contributed by atoms with van der Waals surface area (Å²) < 4.78 is 1.85. The van der Waals surface area contributed by atoms with Gasteiger partial charge in [-0.15, -0.1) is 0 Å². The maximum atomic E-state index is 13.3. The minimum absolute atomic E-state index is 0.0459. The van der Waals surface area contributed by atoms with E-state index in [-0.39, 0.29) is 11.9 Å². The highest BCUT2D eigenvalue weighted by molar-refractivity contribution is 5.94. The molecule has 1 aromatic carbocycles. The number of aliphatic hydroxyl groups excluding tert-OH is 1. The van der Waals surface area contributed by atoms with E-state index in [2.05, 4.69) is 4.98 Å². The lowest BCUT2D eigenvalue weighted by Gasteiger charge is -2.38. The second kappa shape index (κ2) is 7.30. The predicted octanol–water partition coefficient (Wildman–Crippen LogP) is 3.28. The zero-order valence-corrected chi connectivity index (χ0v) is 14.7. The van der Waals surface area contributed by atoms with E-state index in [0.29, 0.717) is 12.1 Å². The van der Waals surface area contributed by atoms with Crippen molar-refractivity contribution in [3.05, 3.63) is 72.2 Å². The molecule has 5 heteroatoms. The molecule has 0 bridgehead atoms. The van der Waals surface area contributed by atoms with Crippen LogP contribution in [0.3, 0.4) is 0 Å². The number of amides is 1. The van der Waals surface area contributed by atoms with Crippen LogP contribution in [0.2, 0.25) is 0 Å². The zero-order valence-electron chi connectivity index (χ0n) is 14.7. The number of aliphatic hydroxyl groups is 1. The molecule has 0 radical (unpaired) electrons. The summed E-state index contributed by atoms with van der Waals surface area (Å²) >= 11 is 0. The molecule has 1 aliphatic rings. The summed E-state index contributed by atoms with van der Waals surface area (Å²) in [6.07, 6.45) is 8.56. The summed E-state index contributed by atoms with van der Waals surface area (Å²) in [7, 11) is 0. The number of imidazole rings is 1. The largest absolute Gasteiger partial charge is 0.391 e. The minimum atomic E-state index is -0.464. The number of rotatable bonds is 4. The zero-order chi connectivity index (χ0) is 17.9. The van der Waals surface area contributed by atoms with Gasteiger partial charge in [-0.05, 0) is 30.5 Å². The normalized spacial score (nSPS) is 20.2. The Bertz CT molecular complexity index is 890. The van der Waals surface area contributed by atoms with Gasteiger partial charge in [-0.1, -0.05) is 43.2 Å². The van der Waals surface area contributed by atoms with Gasteiger partial charge in [0.15, 0.2) is 0 Å². The van der Waals surface area contributed by atoms with Gasteiger partial charge in [-0.2, -0.15) is 0 Å². The number of carbonyl (C=O) groups excluding carboxylic acids is 1. The van der Waals surface area contributed by atoms with Crippen LogP contribution in [-0.2, 0) is 6.54 Å². The van der Waals surface area contributed by atoms with E-state index >= 15 is 0 Å². The van der Waals surface area contributed by atoms with Gasteiger partial charge in [-0.3, -0.25) is 4.79 Å². The summed E-state index contributed by atoms with van der Waals surface area (Å²) in [5, 5.41) is 10.5. The van der Waals surface area contributed by atoms with E-state index in [1.807, 2.05) is 64.2 Å². The summed E-state index contributed by atoms with van der Waals surface area (Å²) in [4.78, 5) is 19.4. The van der Waals surface area contributed by atoms with Crippen LogP contribution in [-0.4, -0.2) is 37.4 Å². The van der Waals surface area contributed by atoms with Crippen LogP contribution in [0.1, 0.15) is 41.6 Å². The van der Waals surface area contributed by atoms with Crippen molar-refractivity contribution < 1.29 is 9.90 Å². The first-order valence-electron chi connectivity index (χ1n) is 9.18. The third kappa shape index (κ3) is 3.35. The fourth-order valence-corrected chi connectivity index (χ4v) is 3.79. The molecule has 26 heavy (non-hydrogen) atoms. The fourth-order valence-electron chi connectivity index (χ4n) is 3.79. The number of fused-ring (bicyclic) bond motifs is 1. The highest BCUT2D eigenvalue weighted by Crippen LogP contribution is 2.26. The standard InChI is InChI=1S/C21H23N3O2/c25-19-9-5-4-8-18(19)24(14-16-6-2-1-3-7-16)21(26)17-10-11-20-22-12-13-23(20)15-17/h1-3,6-7,10-13,15,18-19,25H,4-5,8-9,14H2. The Labute approximate surface area is 152 Å². The van der Waals surface area contributed by atoms with Gasteiger partial charge in [0.2, 0.25) is 0 Å². The van der Waals surface area contributed by atoms with Crippen molar-refractivity contribution in [1.29, 1.82) is 0 Å². The number of hydrogen-bond acceptors (Lipinski definition) is 3. The number of nitrogens with zero attached hydrogens (tertiary/aromatic N) is 3. The number of hydrogen-bond donors (Lipinski definition) is 1. The lowest BCUT2D eigenvalue weighted by molar-refractivity contribution is 0.0149. The molecule has 5 nitrogen and oxygen atoms in total. The maximum Gasteiger partial charge on any atom is 0.255 e. The molecule has 0 saturated heterocycles. The summed E-state index contributed by atoms with van der Waals surface area (Å²) in [5.74, 6) is -0.0459. The van der Waals surface area contributed by atoms with Crippen molar-refractivity contribution in [2.75, 3.05) is 0 Å². The molecule has 1 fully saturated rings. The number of benzene rings is 1. The minimum Gasteiger partial charge on any atom is -0.391 e. The van der Waals surface area contributed by atoms with Crippen LogP contribution in [0.15, 0.2) is 61.1 Å². The molecular weight excluding hydrogens is 326 g/mol. The summed E-state index contributed by atoms with van der Waals surface area (Å²) in [5.41, 5.74) is 2.50. The molecule has 0 aliphatic heterocycles. The van der Waals surface area contributed by atoms with Crippen molar-refractivity contribution in [1.82, 2.24) is 14.3 Å². The quantitative estimate of drug-likeness (QED) is 0.786. The molecule has 2 aromatic heterocycles. The van der Waals surface area contributed by atoms with Crippen LogP contribution < -0.4 is 0 Å². The third-order valence-electron chi connectivity index (χ3n) is 5.19. The molecule has 134 valence electrons. The van der Waals surface area contributed by atoms with E-state index < -0.39 is 6.10 Å². The molecule has 2 heterocycles. The van der Waals surface area contributed by atoms with Gasteiger partial charge >= 0.3 is 0 Å². The Morgan fingerprint density at radius 1 is 1.15 bits per heavy atom. The fraction of sp³-hybridized carbons (Fsp3) is 0.333. The van der Waals surface area contributed by atoms with Crippen LogP contribution >= 0.6 is 0 Å². The first kappa shape index (κ1) is 16.8. The lowest BCUT2D eigenvalue weighted by Crippen LogP contribution is -2.48. The Balaban J connectivity index is 1.67.